The molecule has 0 fully saturated rings. The second-order valence-electron chi connectivity index (χ2n) is 4.03. The summed E-state index contributed by atoms with van der Waals surface area (Å²) in [5.41, 5.74) is 1.67. The fourth-order valence-electron chi connectivity index (χ4n) is 1.66. The van der Waals surface area contributed by atoms with Gasteiger partial charge in [-0.05, 0) is 18.2 Å². The van der Waals surface area contributed by atoms with E-state index < -0.39 is 12.1 Å². The monoisotopic (exact) mass is 275 g/mol. The van der Waals surface area contributed by atoms with Gasteiger partial charge in [0, 0.05) is 25.1 Å². The first-order valence-corrected chi connectivity index (χ1v) is 5.86. The largest absolute Gasteiger partial charge is 0.479 e. The van der Waals surface area contributed by atoms with Crippen LogP contribution in [-0.2, 0) is 9.53 Å². The van der Waals surface area contributed by atoms with Crippen LogP contribution in [0.2, 0.25) is 0 Å². The Balaban J connectivity index is 2.09. The van der Waals surface area contributed by atoms with Crippen molar-refractivity contribution in [2.24, 2.45) is 0 Å². The number of carbonyl (C=O) groups excluding carboxylic acids is 1. The average molecular weight is 275 g/mol. The van der Waals surface area contributed by atoms with Crippen molar-refractivity contribution in [2.45, 2.75) is 6.10 Å². The van der Waals surface area contributed by atoms with Crippen molar-refractivity contribution in [1.29, 1.82) is 0 Å². The number of carboxylic acid groups (broad SMARTS) is 1. The first-order valence-electron chi connectivity index (χ1n) is 5.86. The molecule has 0 aliphatic heterocycles. The molecule has 0 radical (unpaired) electrons. The summed E-state index contributed by atoms with van der Waals surface area (Å²) in [5.74, 6) is -1.52. The number of carbonyl (C=O) groups is 2. The Labute approximate surface area is 114 Å². The van der Waals surface area contributed by atoms with E-state index in [2.05, 4.69) is 15.3 Å². The number of amides is 1. The van der Waals surface area contributed by atoms with E-state index in [9.17, 15) is 9.59 Å². The molecule has 7 nitrogen and oxygen atoms in total. The number of methoxy groups -OCH3 is 1. The number of hydrogen-bond acceptors (Lipinski definition) is 5. The molecule has 2 rings (SSSR count). The van der Waals surface area contributed by atoms with E-state index in [-0.39, 0.29) is 12.5 Å². The summed E-state index contributed by atoms with van der Waals surface area (Å²) in [4.78, 5) is 30.9. The Bertz CT molecular complexity index is 644. The third-order valence-corrected chi connectivity index (χ3v) is 2.74. The molecule has 1 aromatic carbocycles. The van der Waals surface area contributed by atoms with Gasteiger partial charge in [-0.25, -0.2) is 4.79 Å². The van der Waals surface area contributed by atoms with Crippen LogP contribution in [-0.4, -0.2) is 46.7 Å². The van der Waals surface area contributed by atoms with Gasteiger partial charge < -0.3 is 15.2 Å². The topological polar surface area (TPSA) is 101 Å². The van der Waals surface area contributed by atoms with E-state index in [1.807, 2.05) is 0 Å². The van der Waals surface area contributed by atoms with Crippen molar-refractivity contribution in [3.05, 3.63) is 36.2 Å². The molecule has 1 unspecified atom stereocenters. The van der Waals surface area contributed by atoms with E-state index >= 15 is 0 Å². The Morgan fingerprint density at radius 3 is 2.65 bits per heavy atom. The number of hydrogen-bond donors (Lipinski definition) is 2. The van der Waals surface area contributed by atoms with Crippen LogP contribution in [0.3, 0.4) is 0 Å². The Morgan fingerprint density at radius 1 is 1.30 bits per heavy atom. The summed E-state index contributed by atoms with van der Waals surface area (Å²) in [7, 11) is 1.27. The maximum atomic E-state index is 11.9. The molecule has 0 aliphatic rings. The van der Waals surface area contributed by atoms with Gasteiger partial charge in [0.2, 0.25) is 0 Å². The third kappa shape index (κ3) is 3.07. The minimum absolute atomic E-state index is 0.108. The Hall–Kier alpha value is -2.54. The zero-order valence-electron chi connectivity index (χ0n) is 10.7. The quantitative estimate of drug-likeness (QED) is 0.822. The zero-order chi connectivity index (χ0) is 14.5. The lowest BCUT2D eigenvalue weighted by Crippen LogP contribution is -2.37. The van der Waals surface area contributed by atoms with E-state index in [0.29, 0.717) is 16.6 Å². The molecule has 0 saturated carbocycles. The predicted octanol–water partition coefficient (Wildman–Crippen LogP) is 0.459. The summed E-state index contributed by atoms with van der Waals surface area (Å²) >= 11 is 0. The molecular formula is C13H13N3O4. The summed E-state index contributed by atoms with van der Waals surface area (Å²) in [6.45, 7) is -0.108. The fourth-order valence-corrected chi connectivity index (χ4v) is 1.66. The third-order valence-electron chi connectivity index (χ3n) is 2.74. The molecule has 0 spiro atoms. The maximum absolute atomic E-state index is 11.9. The van der Waals surface area contributed by atoms with E-state index in [1.54, 1.807) is 24.4 Å². The number of carboxylic acids is 1. The van der Waals surface area contributed by atoms with Crippen molar-refractivity contribution < 1.29 is 19.4 Å². The van der Waals surface area contributed by atoms with Crippen LogP contribution in [0.1, 0.15) is 10.4 Å². The Kier molecular flexibility index (Phi) is 4.21. The summed E-state index contributed by atoms with van der Waals surface area (Å²) in [6, 6.07) is 4.89. The van der Waals surface area contributed by atoms with Crippen LogP contribution in [0.4, 0.5) is 0 Å². The highest BCUT2D eigenvalue weighted by atomic mass is 16.5. The second kappa shape index (κ2) is 6.07. The molecule has 0 saturated heterocycles. The van der Waals surface area contributed by atoms with Crippen LogP contribution in [0.15, 0.2) is 30.6 Å². The smallest absolute Gasteiger partial charge is 0.334 e. The van der Waals surface area contributed by atoms with Gasteiger partial charge in [-0.1, -0.05) is 0 Å². The molecule has 1 heterocycles. The van der Waals surface area contributed by atoms with E-state index in [4.69, 9.17) is 9.84 Å². The highest BCUT2D eigenvalue weighted by molar-refractivity contribution is 5.97. The van der Waals surface area contributed by atoms with Crippen molar-refractivity contribution in [3.63, 3.8) is 0 Å². The van der Waals surface area contributed by atoms with Gasteiger partial charge >= 0.3 is 5.97 Å². The number of aromatic nitrogens is 2. The predicted molar refractivity (Wildman–Crippen MR) is 70.3 cm³/mol. The fraction of sp³-hybridized carbons (Fsp3) is 0.231. The van der Waals surface area contributed by atoms with Crippen LogP contribution >= 0.6 is 0 Å². The number of ether oxygens (including phenoxy) is 1. The minimum Gasteiger partial charge on any atom is -0.479 e. The standard InChI is InChI=1S/C13H13N3O4/c1-20-11(13(18)19)7-16-12(17)8-2-3-9-10(6-8)15-5-4-14-9/h2-6,11H,7H2,1H3,(H,16,17)(H,18,19). The molecule has 1 amide bonds. The van der Waals surface area contributed by atoms with Gasteiger partial charge in [-0.15, -0.1) is 0 Å². The lowest BCUT2D eigenvalue weighted by atomic mass is 10.2. The number of aliphatic carboxylic acids is 1. The summed E-state index contributed by atoms with van der Waals surface area (Å²) in [5, 5.41) is 11.3. The molecule has 104 valence electrons. The highest BCUT2D eigenvalue weighted by Crippen LogP contribution is 2.10. The van der Waals surface area contributed by atoms with Gasteiger partial charge in [0.25, 0.3) is 5.91 Å². The highest BCUT2D eigenvalue weighted by Gasteiger charge is 2.17. The average Bonchev–Trinajstić information content (AvgIpc) is 2.46. The van der Waals surface area contributed by atoms with Crippen molar-refractivity contribution in [3.8, 4) is 0 Å². The number of nitrogens with one attached hydrogen (secondary N) is 1. The van der Waals surface area contributed by atoms with Crippen LogP contribution in [0.25, 0.3) is 11.0 Å². The van der Waals surface area contributed by atoms with Crippen molar-refractivity contribution in [1.82, 2.24) is 15.3 Å². The van der Waals surface area contributed by atoms with Crippen molar-refractivity contribution in [2.75, 3.05) is 13.7 Å². The molecule has 2 N–H and O–H groups in total. The van der Waals surface area contributed by atoms with Crippen molar-refractivity contribution >= 4 is 22.9 Å². The lowest BCUT2D eigenvalue weighted by molar-refractivity contribution is -0.148. The van der Waals surface area contributed by atoms with Crippen LogP contribution in [0, 0.1) is 0 Å². The summed E-state index contributed by atoms with van der Waals surface area (Å²) in [6.07, 6.45) is 2.03. The molecular weight excluding hydrogens is 262 g/mol. The molecule has 1 atom stereocenters. The number of fused-ring (bicyclic) bond motifs is 1. The normalized spacial score (nSPS) is 12.1. The molecule has 0 bridgehead atoms. The molecule has 2 aromatic rings. The molecule has 1 aromatic heterocycles. The van der Waals surface area contributed by atoms with Gasteiger partial charge in [0.05, 0.1) is 17.6 Å². The van der Waals surface area contributed by atoms with Crippen LogP contribution in [0.5, 0.6) is 0 Å². The minimum atomic E-state index is -1.13. The van der Waals surface area contributed by atoms with Crippen LogP contribution < -0.4 is 5.32 Å². The number of benzene rings is 1. The number of rotatable bonds is 5. The molecule has 20 heavy (non-hydrogen) atoms. The van der Waals surface area contributed by atoms with Gasteiger partial charge in [0.15, 0.2) is 6.10 Å². The Morgan fingerprint density at radius 2 is 2.00 bits per heavy atom. The lowest BCUT2D eigenvalue weighted by Gasteiger charge is -2.11. The second-order valence-corrected chi connectivity index (χ2v) is 4.03. The molecule has 7 heteroatoms. The molecule has 0 aliphatic carbocycles. The number of nitrogens with zero attached hydrogens (tertiary/aromatic N) is 2. The van der Waals surface area contributed by atoms with Gasteiger partial charge in [-0.2, -0.15) is 0 Å². The van der Waals surface area contributed by atoms with E-state index in [1.165, 1.54) is 13.3 Å². The first kappa shape index (κ1) is 13.9. The summed E-state index contributed by atoms with van der Waals surface area (Å²) < 4.78 is 4.73. The van der Waals surface area contributed by atoms with Gasteiger partial charge in [0.1, 0.15) is 0 Å². The maximum Gasteiger partial charge on any atom is 0.334 e. The first-order chi connectivity index (χ1) is 9.61. The SMILES string of the molecule is COC(CNC(=O)c1ccc2nccnc2c1)C(=O)O. The van der Waals surface area contributed by atoms with Gasteiger partial charge in [-0.3, -0.25) is 14.8 Å². The van der Waals surface area contributed by atoms with E-state index in [0.717, 1.165) is 0 Å². The zero-order valence-corrected chi connectivity index (χ0v) is 10.7.